The molecule has 0 atom stereocenters. The number of aryl methyl sites for hydroxylation is 2. The Morgan fingerprint density at radius 3 is 2.11 bits per heavy atom. The lowest BCUT2D eigenvalue weighted by molar-refractivity contribution is 0.580. The van der Waals surface area contributed by atoms with Crippen molar-refractivity contribution in [2.75, 3.05) is 11.5 Å². The predicted octanol–water partition coefficient (Wildman–Crippen LogP) is 2.22. The van der Waals surface area contributed by atoms with Crippen LogP contribution in [0, 0.1) is 25.7 Å². The maximum absolute atomic E-state index is 12.2. The zero-order chi connectivity index (χ0) is 13.7. The Labute approximate surface area is 104 Å². The molecule has 0 fully saturated rings. The molecule has 0 saturated carbocycles. The number of halogens is 2. The lowest BCUT2D eigenvalue weighted by Gasteiger charge is -1.95. The van der Waals surface area contributed by atoms with Crippen LogP contribution in [0.4, 0.5) is 20.2 Å². The zero-order valence-corrected chi connectivity index (χ0v) is 10.1. The molecule has 4 N–H and O–H groups in total. The number of hydrogen-bond donors (Lipinski definition) is 2. The summed E-state index contributed by atoms with van der Waals surface area (Å²) >= 11 is 0. The molecule has 0 aliphatic carbocycles. The molecule has 2 aromatic rings. The van der Waals surface area contributed by atoms with Crippen molar-refractivity contribution in [3.05, 3.63) is 47.5 Å². The molecule has 2 rings (SSSR count). The minimum Gasteiger partial charge on any atom is -0.397 e. The second-order valence-corrected chi connectivity index (χ2v) is 3.67. The molecule has 0 aliphatic rings. The smallest absolute Gasteiger partial charge is 0.213 e. The molecule has 0 spiro atoms. The third-order valence-electron chi connectivity index (χ3n) is 2.21. The van der Waals surface area contributed by atoms with E-state index in [0.29, 0.717) is 17.1 Å². The average molecular weight is 252 g/mol. The summed E-state index contributed by atoms with van der Waals surface area (Å²) in [6, 6.07) is 4.04. The maximum atomic E-state index is 12.2. The van der Waals surface area contributed by atoms with E-state index < -0.39 is 11.9 Å². The number of hydrogen-bond acceptors (Lipinski definition) is 4. The van der Waals surface area contributed by atoms with Gasteiger partial charge in [-0.3, -0.25) is 0 Å². The SMILES string of the molecule is Cc1cc(F)ncc1N.Cc1nc(F)ccc1N. The third-order valence-corrected chi connectivity index (χ3v) is 2.21. The molecular weight excluding hydrogens is 238 g/mol. The molecule has 2 aromatic heterocycles. The second kappa shape index (κ2) is 5.90. The molecule has 18 heavy (non-hydrogen) atoms. The minimum absolute atomic E-state index is 0.485. The summed E-state index contributed by atoms with van der Waals surface area (Å²) in [5.41, 5.74) is 13.0. The summed E-state index contributed by atoms with van der Waals surface area (Å²) in [7, 11) is 0. The Bertz CT molecular complexity index is 494. The van der Waals surface area contributed by atoms with Gasteiger partial charge in [-0.25, -0.2) is 9.97 Å². The van der Waals surface area contributed by atoms with Crippen molar-refractivity contribution in [3.8, 4) is 0 Å². The van der Waals surface area contributed by atoms with Crippen LogP contribution >= 0.6 is 0 Å². The van der Waals surface area contributed by atoms with E-state index in [1.54, 1.807) is 13.8 Å². The van der Waals surface area contributed by atoms with Crippen molar-refractivity contribution < 1.29 is 8.78 Å². The van der Waals surface area contributed by atoms with Crippen LogP contribution in [0.3, 0.4) is 0 Å². The lowest BCUT2D eigenvalue weighted by Crippen LogP contribution is -1.93. The Balaban J connectivity index is 0.000000180. The first kappa shape index (κ1) is 13.8. The quantitative estimate of drug-likeness (QED) is 0.705. The van der Waals surface area contributed by atoms with Crippen LogP contribution in [0.1, 0.15) is 11.3 Å². The van der Waals surface area contributed by atoms with Crippen molar-refractivity contribution in [2.24, 2.45) is 0 Å². The molecule has 2 heterocycles. The number of rotatable bonds is 0. The first-order chi connectivity index (χ1) is 8.40. The second-order valence-electron chi connectivity index (χ2n) is 3.67. The van der Waals surface area contributed by atoms with Gasteiger partial charge in [0.1, 0.15) is 0 Å². The summed E-state index contributed by atoms with van der Waals surface area (Å²) in [6.07, 6.45) is 1.31. The van der Waals surface area contributed by atoms with Crippen LogP contribution in [0.2, 0.25) is 0 Å². The van der Waals surface area contributed by atoms with Gasteiger partial charge in [0.15, 0.2) is 0 Å². The number of anilines is 2. The molecule has 0 aliphatic heterocycles. The molecule has 0 radical (unpaired) electrons. The van der Waals surface area contributed by atoms with E-state index >= 15 is 0 Å². The number of nitrogens with two attached hydrogens (primary N) is 2. The highest BCUT2D eigenvalue weighted by atomic mass is 19.1. The predicted molar refractivity (Wildman–Crippen MR) is 66.7 cm³/mol. The van der Waals surface area contributed by atoms with E-state index in [2.05, 4.69) is 9.97 Å². The molecule has 6 heteroatoms. The third kappa shape index (κ3) is 3.97. The van der Waals surface area contributed by atoms with Crippen molar-refractivity contribution in [2.45, 2.75) is 13.8 Å². The Morgan fingerprint density at radius 1 is 1.00 bits per heavy atom. The van der Waals surface area contributed by atoms with Gasteiger partial charge in [0.25, 0.3) is 0 Å². The highest BCUT2D eigenvalue weighted by Gasteiger charge is 1.94. The van der Waals surface area contributed by atoms with Gasteiger partial charge in [0, 0.05) is 0 Å². The van der Waals surface area contributed by atoms with E-state index in [-0.39, 0.29) is 0 Å². The molecule has 0 amide bonds. The van der Waals surface area contributed by atoms with E-state index in [0.717, 1.165) is 5.56 Å². The molecule has 96 valence electrons. The van der Waals surface area contributed by atoms with Gasteiger partial charge in [0.2, 0.25) is 11.9 Å². The van der Waals surface area contributed by atoms with E-state index in [1.807, 2.05) is 0 Å². The molecule has 0 saturated heterocycles. The Kier molecular flexibility index (Phi) is 4.53. The van der Waals surface area contributed by atoms with Gasteiger partial charge >= 0.3 is 0 Å². The van der Waals surface area contributed by atoms with E-state index in [4.69, 9.17) is 11.5 Å². The molecule has 4 nitrogen and oxygen atoms in total. The van der Waals surface area contributed by atoms with Gasteiger partial charge in [-0.15, -0.1) is 0 Å². The van der Waals surface area contributed by atoms with Crippen molar-refractivity contribution in [1.29, 1.82) is 0 Å². The summed E-state index contributed by atoms with van der Waals surface area (Å²) in [5, 5.41) is 0. The fourth-order valence-electron chi connectivity index (χ4n) is 1.07. The van der Waals surface area contributed by atoms with E-state index in [1.165, 1.54) is 24.4 Å². The highest BCUT2D eigenvalue weighted by molar-refractivity contribution is 5.42. The normalized spacial score (nSPS) is 9.56. The summed E-state index contributed by atoms with van der Waals surface area (Å²) in [6.45, 7) is 3.40. The van der Waals surface area contributed by atoms with Crippen LogP contribution in [0.5, 0.6) is 0 Å². The zero-order valence-electron chi connectivity index (χ0n) is 10.1. The number of aromatic nitrogens is 2. The molecular formula is C12H14F2N4. The van der Waals surface area contributed by atoms with Gasteiger partial charge in [-0.2, -0.15) is 8.78 Å². The van der Waals surface area contributed by atoms with Gasteiger partial charge in [-0.05, 0) is 37.6 Å². The summed E-state index contributed by atoms with van der Waals surface area (Å²) < 4.78 is 24.4. The topological polar surface area (TPSA) is 77.8 Å². The molecule has 0 unspecified atom stereocenters. The fourth-order valence-corrected chi connectivity index (χ4v) is 1.07. The summed E-state index contributed by atoms with van der Waals surface area (Å²) in [4.78, 5) is 6.83. The first-order valence-electron chi connectivity index (χ1n) is 5.16. The number of nitrogen functional groups attached to an aromatic ring is 2. The van der Waals surface area contributed by atoms with Crippen LogP contribution in [0.15, 0.2) is 24.4 Å². The maximum Gasteiger partial charge on any atom is 0.213 e. The molecule has 0 aromatic carbocycles. The standard InChI is InChI=1S/2C6H7FN2/c1-4-2-6(7)9-3-5(4)8;1-4-5(8)2-3-6(7)9-4/h2*2-3H,8H2,1H3. The highest BCUT2D eigenvalue weighted by Crippen LogP contribution is 2.07. The number of nitrogens with zero attached hydrogens (tertiary/aromatic N) is 2. The Morgan fingerprint density at radius 2 is 1.67 bits per heavy atom. The van der Waals surface area contributed by atoms with Crippen molar-refractivity contribution >= 4 is 11.4 Å². The van der Waals surface area contributed by atoms with Crippen LogP contribution < -0.4 is 11.5 Å². The fraction of sp³-hybridized carbons (Fsp3) is 0.167. The van der Waals surface area contributed by atoms with Crippen molar-refractivity contribution in [3.63, 3.8) is 0 Å². The first-order valence-corrected chi connectivity index (χ1v) is 5.16. The average Bonchev–Trinajstić information content (AvgIpc) is 2.30. The van der Waals surface area contributed by atoms with E-state index in [9.17, 15) is 8.78 Å². The van der Waals surface area contributed by atoms with Crippen LogP contribution in [-0.2, 0) is 0 Å². The van der Waals surface area contributed by atoms with Gasteiger partial charge in [0.05, 0.1) is 23.3 Å². The van der Waals surface area contributed by atoms with Crippen LogP contribution in [0.25, 0.3) is 0 Å². The van der Waals surface area contributed by atoms with Crippen LogP contribution in [-0.4, -0.2) is 9.97 Å². The minimum atomic E-state index is -0.485. The lowest BCUT2D eigenvalue weighted by atomic mass is 10.3. The summed E-state index contributed by atoms with van der Waals surface area (Å²) in [5.74, 6) is -0.969. The molecule has 0 bridgehead atoms. The van der Waals surface area contributed by atoms with Gasteiger partial charge < -0.3 is 11.5 Å². The Hall–Kier alpha value is -2.24. The number of pyridine rings is 2. The van der Waals surface area contributed by atoms with Crippen molar-refractivity contribution in [1.82, 2.24) is 9.97 Å². The van der Waals surface area contributed by atoms with Gasteiger partial charge in [-0.1, -0.05) is 0 Å². The largest absolute Gasteiger partial charge is 0.397 e. The monoisotopic (exact) mass is 252 g/mol.